The first-order valence-electron chi connectivity index (χ1n) is 6.78. The van der Waals surface area contributed by atoms with Crippen LogP contribution in [0.5, 0.6) is 5.75 Å². The molecule has 1 atom stereocenters. The molecule has 0 aliphatic carbocycles. The van der Waals surface area contributed by atoms with Gasteiger partial charge in [0.1, 0.15) is 5.75 Å². The van der Waals surface area contributed by atoms with Gasteiger partial charge in [-0.15, -0.1) is 0 Å². The van der Waals surface area contributed by atoms with Gasteiger partial charge < -0.3 is 14.7 Å². The van der Waals surface area contributed by atoms with Crippen LogP contribution < -0.4 is 4.74 Å². The standard InChI is InChI=1S/C14H22N2O4S/c1-15(2)10-14(17)7-8-16(11-14)21(18,19)13-6-4-5-12(9-13)20-3/h4-6,9,17H,7-8,10-11H2,1-3H3. The molecule has 1 aliphatic heterocycles. The summed E-state index contributed by atoms with van der Waals surface area (Å²) in [4.78, 5) is 2.05. The van der Waals surface area contributed by atoms with Gasteiger partial charge >= 0.3 is 0 Å². The van der Waals surface area contributed by atoms with E-state index in [0.29, 0.717) is 25.3 Å². The average Bonchev–Trinajstić information content (AvgIpc) is 2.80. The number of rotatable bonds is 5. The van der Waals surface area contributed by atoms with Crippen molar-refractivity contribution >= 4 is 10.0 Å². The number of methoxy groups -OCH3 is 1. The summed E-state index contributed by atoms with van der Waals surface area (Å²) in [6.45, 7) is 0.881. The number of likely N-dealkylation sites (N-methyl/N-ethyl adjacent to an activating group) is 1. The van der Waals surface area contributed by atoms with Gasteiger partial charge in [-0.05, 0) is 32.6 Å². The predicted molar refractivity (Wildman–Crippen MR) is 79.9 cm³/mol. The molecule has 118 valence electrons. The average molecular weight is 314 g/mol. The number of sulfonamides is 1. The molecule has 0 saturated carbocycles. The molecule has 1 unspecified atom stereocenters. The van der Waals surface area contributed by atoms with E-state index in [0.717, 1.165) is 0 Å². The first-order chi connectivity index (χ1) is 9.77. The van der Waals surface area contributed by atoms with Crippen molar-refractivity contribution in [1.82, 2.24) is 9.21 Å². The summed E-state index contributed by atoms with van der Waals surface area (Å²) in [5.41, 5.74) is -0.991. The largest absolute Gasteiger partial charge is 0.497 e. The van der Waals surface area contributed by atoms with E-state index >= 15 is 0 Å². The molecule has 0 amide bonds. The molecule has 1 aromatic carbocycles. The Kier molecular flexibility index (Phi) is 4.57. The lowest BCUT2D eigenvalue weighted by molar-refractivity contribution is 0.0302. The van der Waals surface area contributed by atoms with Crippen molar-refractivity contribution in [2.75, 3.05) is 40.8 Å². The van der Waals surface area contributed by atoms with E-state index in [1.807, 2.05) is 19.0 Å². The van der Waals surface area contributed by atoms with Crippen LogP contribution in [0.15, 0.2) is 29.2 Å². The molecule has 2 rings (SSSR count). The van der Waals surface area contributed by atoms with Crippen LogP contribution in [0.3, 0.4) is 0 Å². The molecule has 21 heavy (non-hydrogen) atoms. The summed E-state index contributed by atoms with van der Waals surface area (Å²) in [7, 11) is 1.61. The second-order valence-corrected chi connectivity index (χ2v) is 7.67. The van der Waals surface area contributed by atoms with Crippen molar-refractivity contribution in [2.45, 2.75) is 16.9 Å². The second-order valence-electron chi connectivity index (χ2n) is 5.73. The van der Waals surface area contributed by atoms with Crippen molar-refractivity contribution < 1.29 is 18.3 Å². The summed E-state index contributed by atoms with van der Waals surface area (Å²) in [5.74, 6) is 0.499. The summed E-state index contributed by atoms with van der Waals surface area (Å²) >= 11 is 0. The molecule has 0 aromatic heterocycles. The monoisotopic (exact) mass is 314 g/mol. The van der Waals surface area contributed by atoms with Crippen LogP contribution in [0.25, 0.3) is 0 Å². The number of aliphatic hydroxyl groups is 1. The Balaban J connectivity index is 2.21. The second kappa shape index (κ2) is 5.92. The predicted octanol–water partition coefficient (Wildman–Crippen LogP) is 0.382. The maximum absolute atomic E-state index is 12.6. The van der Waals surface area contributed by atoms with Crippen LogP contribution >= 0.6 is 0 Å². The number of hydrogen-bond acceptors (Lipinski definition) is 5. The van der Waals surface area contributed by atoms with E-state index in [9.17, 15) is 13.5 Å². The summed E-state index contributed by atoms with van der Waals surface area (Å²) < 4.78 is 31.6. The number of benzene rings is 1. The Hall–Kier alpha value is -1.15. The lowest BCUT2D eigenvalue weighted by atomic mass is 10.0. The zero-order valence-corrected chi connectivity index (χ0v) is 13.4. The first kappa shape index (κ1) is 16.2. The third-order valence-electron chi connectivity index (χ3n) is 3.59. The highest BCUT2D eigenvalue weighted by atomic mass is 32.2. The summed E-state index contributed by atoms with van der Waals surface area (Å²) in [6, 6.07) is 6.39. The van der Waals surface area contributed by atoms with Crippen LogP contribution in [-0.2, 0) is 10.0 Å². The highest BCUT2D eigenvalue weighted by molar-refractivity contribution is 7.89. The molecule has 1 heterocycles. The Morgan fingerprint density at radius 1 is 1.43 bits per heavy atom. The van der Waals surface area contributed by atoms with Gasteiger partial charge in [0.2, 0.25) is 10.0 Å². The Morgan fingerprint density at radius 2 is 2.14 bits per heavy atom. The maximum Gasteiger partial charge on any atom is 0.243 e. The fraction of sp³-hybridized carbons (Fsp3) is 0.571. The van der Waals surface area contributed by atoms with Gasteiger partial charge in [0.05, 0.1) is 17.6 Å². The lowest BCUT2D eigenvalue weighted by Gasteiger charge is -2.26. The first-order valence-corrected chi connectivity index (χ1v) is 8.22. The number of β-amino-alcohol motifs (C(OH)–C–C–N with tert-alkyl or cyclic N) is 1. The zero-order valence-electron chi connectivity index (χ0n) is 12.6. The minimum atomic E-state index is -3.60. The lowest BCUT2D eigenvalue weighted by Crippen LogP contribution is -2.43. The third kappa shape index (κ3) is 3.55. The number of ether oxygens (including phenoxy) is 1. The van der Waals surface area contributed by atoms with Gasteiger partial charge in [-0.25, -0.2) is 8.42 Å². The van der Waals surface area contributed by atoms with Crippen molar-refractivity contribution in [3.63, 3.8) is 0 Å². The fourth-order valence-electron chi connectivity index (χ4n) is 2.65. The van der Waals surface area contributed by atoms with E-state index in [1.165, 1.54) is 17.5 Å². The Labute approximate surface area is 126 Å². The molecule has 1 fully saturated rings. The van der Waals surface area contributed by atoms with E-state index < -0.39 is 15.6 Å². The number of nitrogens with zero attached hydrogens (tertiary/aromatic N) is 2. The minimum Gasteiger partial charge on any atom is -0.497 e. The van der Waals surface area contributed by atoms with Gasteiger partial charge in [0.25, 0.3) is 0 Å². The molecule has 0 radical (unpaired) electrons. The molecule has 6 nitrogen and oxygen atoms in total. The summed E-state index contributed by atoms with van der Waals surface area (Å²) in [6.07, 6.45) is 0.439. The highest BCUT2D eigenvalue weighted by Crippen LogP contribution is 2.28. The smallest absolute Gasteiger partial charge is 0.243 e. The van der Waals surface area contributed by atoms with Crippen molar-refractivity contribution in [3.05, 3.63) is 24.3 Å². The molecule has 1 aliphatic rings. The normalized spacial score (nSPS) is 23.7. The third-order valence-corrected chi connectivity index (χ3v) is 5.43. The highest BCUT2D eigenvalue weighted by Gasteiger charge is 2.41. The fourth-order valence-corrected chi connectivity index (χ4v) is 4.21. The molecule has 7 heteroatoms. The van der Waals surface area contributed by atoms with Gasteiger partial charge in [-0.2, -0.15) is 4.31 Å². The van der Waals surface area contributed by atoms with E-state index in [-0.39, 0.29) is 11.4 Å². The van der Waals surface area contributed by atoms with Gasteiger partial charge in [-0.3, -0.25) is 0 Å². The SMILES string of the molecule is COc1cccc(S(=O)(=O)N2CCC(O)(CN(C)C)C2)c1. The van der Waals surface area contributed by atoms with Crippen molar-refractivity contribution in [2.24, 2.45) is 0 Å². The zero-order chi connectivity index (χ0) is 15.7. The molecule has 1 N–H and O–H groups in total. The molecular formula is C14H22N2O4S. The van der Waals surface area contributed by atoms with Crippen LogP contribution in [0.4, 0.5) is 0 Å². The van der Waals surface area contributed by atoms with Gasteiger partial charge in [-0.1, -0.05) is 6.07 Å². The van der Waals surface area contributed by atoms with Crippen LogP contribution in [0.1, 0.15) is 6.42 Å². The quantitative estimate of drug-likeness (QED) is 0.851. The molecule has 1 saturated heterocycles. The molecule has 0 bridgehead atoms. The van der Waals surface area contributed by atoms with E-state index in [1.54, 1.807) is 18.2 Å². The van der Waals surface area contributed by atoms with Crippen LogP contribution in [0, 0.1) is 0 Å². The molecule has 0 spiro atoms. The van der Waals surface area contributed by atoms with Crippen molar-refractivity contribution in [3.8, 4) is 5.75 Å². The Morgan fingerprint density at radius 3 is 2.76 bits per heavy atom. The number of hydrogen-bond donors (Lipinski definition) is 1. The van der Waals surface area contributed by atoms with Crippen LogP contribution in [-0.4, -0.2) is 69.2 Å². The molecular weight excluding hydrogens is 292 g/mol. The van der Waals surface area contributed by atoms with Crippen molar-refractivity contribution in [1.29, 1.82) is 0 Å². The van der Waals surface area contributed by atoms with Gasteiger partial charge in [0, 0.05) is 25.7 Å². The van der Waals surface area contributed by atoms with E-state index in [4.69, 9.17) is 4.74 Å². The van der Waals surface area contributed by atoms with E-state index in [2.05, 4.69) is 0 Å². The molecule has 1 aromatic rings. The topological polar surface area (TPSA) is 70.1 Å². The maximum atomic E-state index is 12.6. The minimum absolute atomic E-state index is 0.116. The Bertz CT molecular complexity index is 603. The van der Waals surface area contributed by atoms with Crippen LogP contribution in [0.2, 0.25) is 0 Å². The van der Waals surface area contributed by atoms with Gasteiger partial charge in [0.15, 0.2) is 0 Å². The summed E-state index contributed by atoms with van der Waals surface area (Å²) in [5, 5.41) is 10.5.